The third-order valence-corrected chi connectivity index (χ3v) is 6.60. The van der Waals surface area contributed by atoms with Gasteiger partial charge in [-0.3, -0.25) is 0 Å². The molecule has 2 N–H and O–H groups in total. The number of nitrogens with one attached hydrogen (secondary N) is 1. The molecule has 112 valence electrons. The lowest BCUT2D eigenvalue weighted by Gasteiger charge is -2.32. The van der Waals surface area contributed by atoms with Crippen molar-refractivity contribution in [2.75, 3.05) is 0 Å². The molecule has 1 aromatic heterocycles. The molecule has 1 aromatic carbocycles. The Morgan fingerprint density at radius 3 is 2.62 bits per heavy atom. The number of sulfonamides is 1. The lowest BCUT2D eigenvalue weighted by Crippen LogP contribution is -2.43. The van der Waals surface area contributed by atoms with Crippen LogP contribution in [0, 0.1) is 5.92 Å². The summed E-state index contributed by atoms with van der Waals surface area (Å²) < 4.78 is 28.4. The molecule has 5 nitrogen and oxygen atoms in total. The van der Waals surface area contributed by atoms with E-state index in [0.717, 1.165) is 24.2 Å². The van der Waals surface area contributed by atoms with Crippen molar-refractivity contribution in [2.45, 2.75) is 30.7 Å². The number of hydrogen-bond donors (Lipinski definition) is 2. The number of rotatable bonds is 4. The molecule has 0 spiro atoms. The van der Waals surface area contributed by atoms with E-state index in [0.29, 0.717) is 16.0 Å². The van der Waals surface area contributed by atoms with Gasteiger partial charge in [-0.15, -0.1) is 11.3 Å². The first kappa shape index (κ1) is 14.5. The standard InChI is InChI=1S/C14H15NO4S2/c1-8-6-9(7-8)15-21(18,19)13-10-4-2-3-5-11(10)20-12(13)14(16)17/h2-5,8-9,15H,6-7H2,1H3,(H,16,17). The molecule has 0 saturated heterocycles. The Bertz CT molecular complexity index is 803. The second-order valence-corrected chi connectivity index (χ2v) is 8.16. The summed E-state index contributed by atoms with van der Waals surface area (Å²) in [7, 11) is -3.82. The van der Waals surface area contributed by atoms with Crippen LogP contribution in [0.25, 0.3) is 10.1 Å². The first-order valence-electron chi connectivity index (χ1n) is 6.65. The average Bonchev–Trinajstić information content (AvgIpc) is 2.76. The fourth-order valence-electron chi connectivity index (χ4n) is 2.71. The second kappa shape index (κ2) is 5.08. The van der Waals surface area contributed by atoms with Crippen molar-refractivity contribution >= 4 is 37.4 Å². The maximum atomic E-state index is 12.6. The minimum atomic E-state index is -3.82. The molecule has 1 aliphatic rings. The Kier molecular flexibility index (Phi) is 3.51. The molecule has 1 heterocycles. The van der Waals surface area contributed by atoms with Gasteiger partial charge < -0.3 is 5.11 Å². The molecule has 21 heavy (non-hydrogen) atoms. The second-order valence-electron chi connectivity index (χ2n) is 5.46. The summed E-state index contributed by atoms with van der Waals surface area (Å²) in [5, 5.41) is 9.77. The van der Waals surface area contributed by atoms with E-state index in [4.69, 9.17) is 0 Å². The zero-order chi connectivity index (χ0) is 15.2. The summed E-state index contributed by atoms with van der Waals surface area (Å²) in [6.07, 6.45) is 1.59. The highest BCUT2D eigenvalue weighted by molar-refractivity contribution is 7.90. The molecular weight excluding hydrogens is 310 g/mol. The zero-order valence-corrected chi connectivity index (χ0v) is 13.0. The van der Waals surface area contributed by atoms with Crippen LogP contribution in [0.3, 0.4) is 0 Å². The number of thiophene rings is 1. The molecule has 0 unspecified atom stereocenters. The first-order chi connectivity index (χ1) is 9.88. The van der Waals surface area contributed by atoms with Crippen molar-refractivity contribution in [3.8, 4) is 0 Å². The third-order valence-electron chi connectivity index (χ3n) is 3.71. The number of carboxylic acid groups (broad SMARTS) is 1. The summed E-state index contributed by atoms with van der Waals surface area (Å²) in [6.45, 7) is 2.06. The van der Waals surface area contributed by atoms with Crippen LogP contribution in [0.4, 0.5) is 0 Å². The Hall–Kier alpha value is -1.44. The summed E-state index contributed by atoms with van der Waals surface area (Å²) >= 11 is 0.993. The average molecular weight is 325 g/mol. The van der Waals surface area contributed by atoms with Crippen molar-refractivity contribution in [3.63, 3.8) is 0 Å². The van der Waals surface area contributed by atoms with Crippen LogP contribution >= 0.6 is 11.3 Å². The molecule has 0 radical (unpaired) electrons. The van der Waals surface area contributed by atoms with Crippen LogP contribution in [0.2, 0.25) is 0 Å². The number of fused-ring (bicyclic) bond motifs is 1. The van der Waals surface area contributed by atoms with E-state index >= 15 is 0 Å². The minimum absolute atomic E-state index is 0.0923. The van der Waals surface area contributed by atoms with Crippen molar-refractivity contribution in [1.29, 1.82) is 0 Å². The topological polar surface area (TPSA) is 83.5 Å². The first-order valence-corrected chi connectivity index (χ1v) is 8.95. The highest BCUT2D eigenvalue weighted by atomic mass is 32.2. The molecule has 0 atom stereocenters. The van der Waals surface area contributed by atoms with Gasteiger partial charge in [0.1, 0.15) is 9.77 Å². The van der Waals surface area contributed by atoms with Gasteiger partial charge in [0.05, 0.1) is 0 Å². The van der Waals surface area contributed by atoms with Gasteiger partial charge in [-0.25, -0.2) is 17.9 Å². The normalized spacial score (nSPS) is 22.1. The van der Waals surface area contributed by atoms with E-state index in [-0.39, 0.29) is 15.8 Å². The molecule has 0 bridgehead atoms. The number of carbonyl (C=O) groups is 1. The highest BCUT2D eigenvalue weighted by Gasteiger charge is 2.34. The van der Waals surface area contributed by atoms with Crippen molar-refractivity contribution in [2.24, 2.45) is 5.92 Å². The molecule has 3 rings (SSSR count). The minimum Gasteiger partial charge on any atom is -0.477 e. The van der Waals surface area contributed by atoms with Crippen LogP contribution in [-0.2, 0) is 10.0 Å². The molecule has 2 aromatic rings. The maximum absolute atomic E-state index is 12.6. The molecule has 0 aliphatic heterocycles. The highest BCUT2D eigenvalue weighted by Crippen LogP contribution is 2.36. The number of hydrogen-bond acceptors (Lipinski definition) is 4. The Labute approximate surface area is 126 Å². The van der Waals surface area contributed by atoms with Crippen molar-refractivity contribution < 1.29 is 18.3 Å². The van der Waals surface area contributed by atoms with Gasteiger partial charge in [0.25, 0.3) is 0 Å². The Morgan fingerprint density at radius 2 is 2.00 bits per heavy atom. The van der Waals surface area contributed by atoms with Gasteiger partial charge in [0.15, 0.2) is 0 Å². The SMILES string of the molecule is CC1CC(NS(=O)(=O)c2c(C(=O)O)sc3ccccc23)C1. The van der Waals surface area contributed by atoms with E-state index in [9.17, 15) is 18.3 Å². The Balaban J connectivity index is 2.09. The lowest BCUT2D eigenvalue weighted by atomic mass is 9.83. The van der Waals surface area contributed by atoms with Crippen LogP contribution in [0.15, 0.2) is 29.2 Å². The number of carboxylic acids is 1. The van der Waals surface area contributed by atoms with E-state index in [1.54, 1.807) is 24.3 Å². The predicted molar refractivity (Wildman–Crippen MR) is 81.3 cm³/mol. The predicted octanol–water partition coefficient (Wildman–Crippen LogP) is 2.68. The van der Waals surface area contributed by atoms with Crippen molar-refractivity contribution in [3.05, 3.63) is 29.1 Å². The number of benzene rings is 1. The summed E-state index contributed by atoms with van der Waals surface area (Å²) in [5.74, 6) is -0.700. The summed E-state index contributed by atoms with van der Waals surface area (Å²) in [4.78, 5) is 11.1. The van der Waals surface area contributed by atoms with Gasteiger partial charge in [-0.1, -0.05) is 25.1 Å². The summed E-state index contributed by atoms with van der Waals surface area (Å²) in [6, 6.07) is 6.77. The van der Waals surface area contributed by atoms with Gasteiger partial charge in [0.2, 0.25) is 10.0 Å². The van der Waals surface area contributed by atoms with Gasteiger partial charge in [-0.05, 0) is 24.8 Å². The molecule has 0 amide bonds. The van der Waals surface area contributed by atoms with Crippen LogP contribution in [0.5, 0.6) is 0 Å². The fraction of sp³-hybridized carbons (Fsp3) is 0.357. The van der Waals surface area contributed by atoms with E-state index in [1.165, 1.54) is 0 Å². The fourth-order valence-corrected chi connectivity index (χ4v) is 5.71. The van der Waals surface area contributed by atoms with E-state index < -0.39 is 16.0 Å². The molecule has 1 saturated carbocycles. The monoisotopic (exact) mass is 325 g/mol. The third kappa shape index (κ3) is 2.56. The maximum Gasteiger partial charge on any atom is 0.347 e. The van der Waals surface area contributed by atoms with Crippen molar-refractivity contribution in [1.82, 2.24) is 4.72 Å². The van der Waals surface area contributed by atoms with Gasteiger partial charge in [0, 0.05) is 16.1 Å². The quantitative estimate of drug-likeness (QED) is 0.905. The van der Waals surface area contributed by atoms with Crippen LogP contribution in [-0.4, -0.2) is 25.5 Å². The lowest BCUT2D eigenvalue weighted by molar-refractivity contribution is 0.0698. The van der Waals surface area contributed by atoms with E-state index in [1.807, 2.05) is 0 Å². The molecular formula is C14H15NO4S2. The van der Waals surface area contributed by atoms with Crippen LogP contribution in [0.1, 0.15) is 29.4 Å². The van der Waals surface area contributed by atoms with Crippen LogP contribution < -0.4 is 4.72 Å². The largest absolute Gasteiger partial charge is 0.477 e. The number of aromatic carboxylic acids is 1. The zero-order valence-electron chi connectivity index (χ0n) is 11.4. The van der Waals surface area contributed by atoms with Gasteiger partial charge >= 0.3 is 5.97 Å². The Morgan fingerprint density at radius 1 is 1.33 bits per heavy atom. The van der Waals surface area contributed by atoms with Gasteiger partial charge in [-0.2, -0.15) is 0 Å². The summed E-state index contributed by atoms with van der Waals surface area (Å²) in [5.41, 5.74) is 0. The molecule has 7 heteroatoms. The smallest absolute Gasteiger partial charge is 0.347 e. The molecule has 1 aliphatic carbocycles. The molecule has 1 fully saturated rings. The van der Waals surface area contributed by atoms with E-state index in [2.05, 4.69) is 11.6 Å².